The van der Waals surface area contributed by atoms with Crippen LogP contribution < -0.4 is 4.72 Å². The number of halogens is 3. The van der Waals surface area contributed by atoms with Crippen LogP contribution in [0.2, 0.25) is 10.0 Å². The predicted octanol–water partition coefficient (Wildman–Crippen LogP) is 7.82. The molecule has 0 bridgehead atoms. The molecule has 6 aromatic rings. The van der Waals surface area contributed by atoms with Gasteiger partial charge in [-0.1, -0.05) is 95.6 Å². The molecule has 44 heavy (non-hydrogen) atoms. The second kappa shape index (κ2) is 13.1. The van der Waals surface area contributed by atoms with Crippen LogP contribution in [0.4, 0.5) is 4.39 Å². The van der Waals surface area contributed by atoms with Crippen LogP contribution in [0.5, 0.6) is 0 Å². The molecule has 1 N–H and O–H groups in total. The second-order valence-electron chi connectivity index (χ2n) is 9.88. The number of sulfonamides is 1. The van der Waals surface area contributed by atoms with Gasteiger partial charge in [0.2, 0.25) is 10.0 Å². The van der Waals surface area contributed by atoms with E-state index in [0.717, 1.165) is 11.1 Å². The maximum Gasteiger partial charge on any atom is 0.243 e. The zero-order valence-electron chi connectivity index (χ0n) is 22.9. The fraction of sp³-hybridized carbons (Fsp3) is 0.0938. The highest BCUT2D eigenvalue weighted by atomic mass is 35.5. The predicted molar refractivity (Wildman–Crippen MR) is 172 cm³/mol. The molecule has 1 atom stereocenters. The lowest BCUT2D eigenvalue weighted by atomic mass is 10.1. The highest BCUT2D eigenvalue weighted by molar-refractivity contribution is 7.98. The van der Waals surface area contributed by atoms with Crippen molar-refractivity contribution in [2.45, 2.75) is 28.3 Å². The van der Waals surface area contributed by atoms with E-state index in [1.165, 1.54) is 30.0 Å². The monoisotopic (exact) mass is 663 g/mol. The minimum absolute atomic E-state index is 0.0511. The van der Waals surface area contributed by atoms with Crippen molar-refractivity contribution in [2.75, 3.05) is 0 Å². The van der Waals surface area contributed by atoms with E-state index in [-0.39, 0.29) is 17.1 Å². The van der Waals surface area contributed by atoms with Crippen molar-refractivity contribution in [1.29, 1.82) is 0 Å². The molecule has 0 radical (unpaired) electrons. The summed E-state index contributed by atoms with van der Waals surface area (Å²) in [5.41, 5.74) is 2.65. The Labute approximate surface area is 268 Å². The van der Waals surface area contributed by atoms with Gasteiger partial charge in [-0.25, -0.2) is 12.8 Å². The molecular formula is C32H24Cl2FN5O2S2. The Morgan fingerprint density at radius 1 is 0.864 bits per heavy atom. The van der Waals surface area contributed by atoms with Gasteiger partial charge in [-0.15, -0.1) is 10.2 Å². The first-order valence-corrected chi connectivity index (χ1v) is 16.7. The van der Waals surface area contributed by atoms with Crippen LogP contribution in [0.15, 0.2) is 119 Å². The largest absolute Gasteiger partial charge is 0.271 e. The van der Waals surface area contributed by atoms with E-state index < -0.39 is 16.1 Å². The number of fused-ring (bicyclic) bond motifs is 1. The molecule has 0 aliphatic heterocycles. The zero-order chi connectivity index (χ0) is 30.7. The number of pyridine rings is 1. The van der Waals surface area contributed by atoms with Crippen molar-refractivity contribution in [1.82, 2.24) is 24.5 Å². The maximum absolute atomic E-state index is 14.0. The number of thioether (sulfide) groups is 1. The number of para-hydroxylation sites is 1. The highest BCUT2D eigenvalue weighted by Gasteiger charge is 2.30. The van der Waals surface area contributed by atoms with Gasteiger partial charge in [0.1, 0.15) is 10.7 Å². The van der Waals surface area contributed by atoms with Crippen LogP contribution in [0.1, 0.15) is 23.0 Å². The van der Waals surface area contributed by atoms with Gasteiger partial charge >= 0.3 is 0 Å². The van der Waals surface area contributed by atoms with Crippen LogP contribution >= 0.6 is 35.0 Å². The van der Waals surface area contributed by atoms with Crippen molar-refractivity contribution >= 4 is 55.9 Å². The molecule has 6 rings (SSSR count). The maximum atomic E-state index is 14.0. The first-order valence-electron chi connectivity index (χ1n) is 13.5. The third-order valence-electron chi connectivity index (χ3n) is 6.87. The topological polar surface area (TPSA) is 89.8 Å². The van der Waals surface area contributed by atoms with E-state index >= 15 is 0 Å². The van der Waals surface area contributed by atoms with Gasteiger partial charge < -0.3 is 0 Å². The van der Waals surface area contributed by atoms with E-state index in [2.05, 4.69) is 19.9 Å². The van der Waals surface area contributed by atoms with Gasteiger partial charge in [0, 0.05) is 22.4 Å². The van der Waals surface area contributed by atoms with Crippen LogP contribution in [0.25, 0.3) is 16.6 Å². The Morgan fingerprint density at radius 2 is 1.64 bits per heavy atom. The molecule has 0 saturated heterocycles. The lowest BCUT2D eigenvalue weighted by Gasteiger charge is -2.21. The molecule has 1 unspecified atom stereocenters. The van der Waals surface area contributed by atoms with E-state index in [0.29, 0.717) is 43.4 Å². The summed E-state index contributed by atoms with van der Waals surface area (Å²) in [6.07, 6.45) is 1.83. The number of nitrogens with zero attached hydrogens (tertiary/aromatic N) is 4. The third kappa shape index (κ3) is 6.64. The molecule has 0 fully saturated rings. The minimum Gasteiger partial charge on any atom is -0.271 e. The van der Waals surface area contributed by atoms with Gasteiger partial charge in [0.05, 0.1) is 22.3 Å². The Balaban J connectivity index is 1.46. The number of hydrogen-bond donors (Lipinski definition) is 1. The lowest BCUT2D eigenvalue weighted by Crippen LogP contribution is -2.32. The van der Waals surface area contributed by atoms with Crippen molar-refractivity contribution in [3.63, 3.8) is 0 Å². The van der Waals surface area contributed by atoms with Crippen LogP contribution in [0, 0.1) is 5.82 Å². The Hall–Kier alpha value is -3.80. The smallest absolute Gasteiger partial charge is 0.243 e. The molecule has 0 aliphatic rings. The first-order chi connectivity index (χ1) is 21.3. The van der Waals surface area contributed by atoms with E-state index in [1.54, 1.807) is 53.2 Å². The number of benzene rings is 4. The highest BCUT2D eigenvalue weighted by Crippen LogP contribution is 2.34. The summed E-state index contributed by atoms with van der Waals surface area (Å²) in [5.74, 6) is 0.464. The quantitative estimate of drug-likeness (QED) is 0.150. The van der Waals surface area contributed by atoms with Crippen molar-refractivity contribution in [2.24, 2.45) is 0 Å². The summed E-state index contributed by atoms with van der Waals surface area (Å²) in [7, 11) is -4.11. The van der Waals surface area contributed by atoms with Crippen LogP contribution in [0.3, 0.4) is 0 Å². The summed E-state index contributed by atoms with van der Waals surface area (Å²) in [4.78, 5) is 4.40. The van der Waals surface area contributed by atoms with Gasteiger partial charge in [0.15, 0.2) is 11.0 Å². The van der Waals surface area contributed by atoms with Crippen molar-refractivity contribution in [3.05, 3.63) is 142 Å². The molecule has 0 amide bonds. The number of rotatable bonds is 10. The minimum atomic E-state index is -4.11. The van der Waals surface area contributed by atoms with Gasteiger partial charge in [-0.2, -0.15) is 4.72 Å². The van der Waals surface area contributed by atoms with Crippen molar-refractivity contribution in [3.8, 4) is 5.69 Å². The van der Waals surface area contributed by atoms with E-state index in [4.69, 9.17) is 23.2 Å². The summed E-state index contributed by atoms with van der Waals surface area (Å²) < 4.78 is 46.2. The Morgan fingerprint density at radius 3 is 2.41 bits per heavy atom. The number of nitrogens with one attached hydrogen (secondary N) is 1. The number of aromatic nitrogens is 4. The summed E-state index contributed by atoms with van der Waals surface area (Å²) in [6, 6.07) is 28.5. The molecule has 0 spiro atoms. The molecule has 4 aromatic carbocycles. The van der Waals surface area contributed by atoms with Crippen molar-refractivity contribution < 1.29 is 12.8 Å². The van der Waals surface area contributed by atoms with E-state index in [9.17, 15) is 12.8 Å². The molecule has 2 aromatic heterocycles. The van der Waals surface area contributed by atoms with Crippen LogP contribution in [-0.2, 0) is 22.2 Å². The normalized spacial score (nSPS) is 12.4. The fourth-order valence-electron chi connectivity index (χ4n) is 4.80. The molecule has 222 valence electrons. The average molecular weight is 665 g/mol. The average Bonchev–Trinajstić information content (AvgIpc) is 3.44. The summed E-state index contributed by atoms with van der Waals surface area (Å²) in [5, 5.41) is 10.9. The molecule has 0 aliphatic carbocycles. The third-order valence-corrected chi connectivity index (χ3v) is 9.91. The van der Waals surface area contributed by atoms with Gasteiger partial charge in [-0.3, -0.25) is 9.55 Å². The van der Waals surface area contributed by atoms with Gasteiger partial charge in [0.25, 0.3) is 0 Å². The Bertz CT molecular complexity index is 2040. The lowest BCUT2D eigenvalue weighted by molar-refractivity contribution is 0.538. The van der Waals surface area contributed by atoms with Gasteiger partial charge in [-0.05, 0) is 60.0 Å². The molecule has 12 heteroatoms. The SMILES string of the molecule is O=S(=O)(NC(Cc1ccccc1)c1nnc(SCc2ccc(F)cc2)n1-c1ccc(Cl)cc1Cl)c1cccc2cccnc12. The zero-order valence-corrected chi connectivity index (χ0v) is 26.1. The van der Waals surface area contributed by atoms with Crippen LogP contribution in [-0.4, -0.2) is 28.2 Å². The second-order valence-corrected chi connectivity index (χ2v) is 13.4. The fourth-order valence-corrected chi connectivity index (χ4v) is 7.57. The molecular weight excluding hydrogens is 640 g/mol. The number of hydrogen-bond acceptors (Lipinski definition) is 6. The first kappa shape index (κ1) is 30.2. The summed E-state index contributed by atoms with van der Waals surface area (Å²) >= 11 is 14.3. The van der Waals surface area contributed by atoms with E-state index in [1.807, 2.05) is 42.5 Å². The molecule has 2 heterocycles. The molecule has 0 saturated carbocycles. The Kier molecular flexibility index (Phi) is 8.97. The standard InChI is InChI=1S/C32H24Cl2FN5O2S2/c33-24-13-16-28(26(34)19-24)40-31(37-38-32(40)43-20-22-11-14-25(35)15-12-22)27(18-21-6-2-1-3-7-21)39-44(41,42)29-10-4-8-23-9-5-17-36-30(23)29/h1-17,19,27,39H,18,20H2. The molecule has 7 nitrogen and oxygen atoms in total. The summed E-state index contributed by atoms with van der Waals surface area (Å²) in [6.45, 7) is 0.